The molecule has 2 heterocycles. The lowest BCUT2D eigenvalue weighted by molar-refractivity contribution is 0.263. The van der Waals surface area contributed by atoms with Gasteiger partial charge in [-0.1, -0.05) is 18.2 Å². The van der Waals surface area contributed by atoms with Crippen LogP contribution in [0.15, 0.2) is 42.7 Å². The van der Waals surface area contributed by atoms with Gasteiger partial charge in [0.25, 0.3) is 0 Å². The van der Waals surface area contributed by atoms with Crippen LogP contribution < -0.4 is 4.74 Å². The maximum atomic E-state index is 5.52. The lowest BCUT2D eigenvalue weighted by Gasteiger charge is -2.00. The summed E-state index contributed by atoms with van der Waals surface area (Å²) in [6.45, 7) is 1.42. The number of para-hydroxylation sites is 1. The van der Waals surface area contributed by atoms with Gasteiger partial charge in [0, 0.05) is 0 Å². The average molecular weight is 216 g/mol. The van der Waals surface area contributed by atoms with Crippen LogP contribution in [-0.4, -0.2) is 29.1 Å². The van der Waals surface area contributed by atoms with Crippen molar-refractivity contribution in [3.05, 3.63) is 42.7 Å². The highest BCUT2D eigenvalue weighted by Gasteiger charge is 2.23. The Bertz CT molecular complexity index is 463. The van der Waals surface area contributed by atoms with Crippen LogP contribution in [0.25, 0.3) is 5.69 Å². The third-order valence-electron chi connectivity index (χ3n) is 2.42. The average Bonchev–Trinajstić information content (AvgIpc) is 3.05. The van der Waals surface area contributed by atoms with Crippen molar-refractivity contribution in [3.8, 4) is 11.4 Å². The van der Waals surface area contributed by atoms with Crippen LogP contribution in [0.2, 0.25) is 0 Å². The highest BCUT2D eigenvalue weighted by atomic mass is 16.6. The molecule has 1 unspecified atom stereocenters. The van der Waals surface area contributed by atoms with E-state index >= 15 is 0 Å². The summed E-state index contributed by atoms with van der Waals surface area (Å²) in [5.74, 6) is 0.777. The molecule has 0 amide bonds. The van der Waals surface area contributed by atoms with E-state index in [0.717, 1.165) is 18.0 Å². The highest BCUT2D eigenvalue weighted by molar-refractivity contribution is 5.32. The first-order valence-electron chi connectivity index (χ1n) is 5.26. The Morgan fingerprint density at radius 2 is 2.19 bits per heavy atom. The zero-order chi connectivity index (χ0) is 10.8. The summed E-state index contributed by atoms with van der Waals surface area (Å²) in [7, 11) is 0. The maximum Gasteiger partial charge on any atom is 0.157 e. The van der Waals surface area contributed by atoms with Crippen LogP contribution in [0.5, 0.6) is 5.75 Å². The molecule has 0 N–H and O–H groups in total. The molecule has 4 nitrogen and oxygen atoms in total. The second-order valence-corrected chi connectivity index (χ2v) is 3.72. The van der Waals surface area contributed by atoms with E-state index in [1.807, 2.05) is 36.5 Å². The molecule has 82 valence electrons. The molecule has 0 bridgehead atoms. The number of aromatic nitrogens is 2. The molecule has 16 heavy (non-hydrogen) atoms. The zero-order valence-corrected chi connectivity index (χ0v) is 8.74. The monoisotopic (exact) mass is 216 g/mol. The van der Waals surface area contributed by atoms with E-state index in [-0.39, 0.29) is 6.10 Å². The SMILES string of the molecule is c1ccc(-n2cc(OCC3CO3)cn2)cc1. The van der Waals surface area contributed by atoms with Crippen molar-refractivity contribution in [3.63, 3.8) is 0 Å². The van der Waals surface area contributed by atoms with Gasteiger partial charge in [-0.25, -0.2) is 4.68 Å². The molecule has 0 aliphatic carbocycles. The first kappa shape index (κ1) is 9.42. The van der Waals surface area contributed by atoms with E-state index in [4.69, 9.17) is 9.47 Å². The molecule has 1 atom stereocenters. The van der Waals surface area contributed by atoms with E-state index in [0.29, 0.717) is 6.61 Å². The van der Waals surface area contributed by atoms with E-state index in [2.05, 4.69) is 5.10 Å². The number of hydrogen-bond acceptors (Lipinski definition) is 3. The largest absolute Gasteiger partial charge is 0.487 e. The van der Waals surface area contributed by atoms with Crippen molar-refractivity contribution < 1.29 is 9.47 Å². The van der Waals surface area contributed by atoms with Crippen molar-refractivity contribution in [2.24, 2.45) is 0 Å². The highest BCUT2D eigenvalue weighted by Crippen LogP contribution is 2.16. The third-order valence-corrected chi connectivity index (χ3v) is 2.42. The molecule has 1 aliphatic heterocycles. The summed E-state index contributed by atoms with van der Waals surface area (Å²) in [4.78, 5) is 0. The van der Waals surface area contributed by atoms with Gasteiger partial charge in [0.05, 0.1) is 24.7 Å². The smallest absolute Gasteiger partial charge is 0.157 e. The van der Waals surface area contributed by atoms with Gasteiger partial charge in [0.15, 0.2) is 5.75 Å². The fourth-order valence-corrected chi connectivity index (χ4v) is 1.46. The van der Waals surface area contributed by atoms with Crippen molar-refractivity contribution in [1.82, 2.24) is 9.78 Å². The number of nitrogens with zero attached hydrogens (tertiary/aromatic N) is 2. The fraction of sp³-hybridized carbons (Fsp3) is 0.250. The Balaban J connectivity index is 1.71. The standard InChI is InChI=1S/C12H12N2O2/c1-2-4-10(5-3-1)14-7-11(6-13-14)15-8-12-9-16-12/h1-7,12H,8-9H2. The van der Waals surface area contributed by atoms with Crippen LogP contribution in [-0.2, 0) is 4.74 Å². The molecule has 0 spiro atoms. The van der Waals surface area contributed by atoms with Crippen molar-refractivity contribution in [1.29, 1.82) is 0 Å². The molecular formula is C12H12N2O2. The van der Waals surface area contributed by atoms with Crippen LogP contribution in [0.3, 0.4) is 0 Å². The van der Waals surface area contributed by atoms with E-state index in [1.165, 1.54) is 0 Å². The maximum absolute atomic E-state index is 5.52. The number of ether oxygens (including phenoxy) is 2. The molecule has 1 aliphatic rings. The van der Waals surface area contributed by atoms with Crippen LogP contribution in [0, 0.1) is 0 Å². The lowest BCUT2D eigenvalue weighted by Crippen LogP contribution is -2.03. The predicted molar refractivity (Wildman–Crippen MR) is 58.8 cm³/mol. The Morgan fingerprint density at radius 1 is 1.38 bits per heavy atom. The minimum Gasteiger partial charge on any atom is -0.487 e. The quantitative estimate of drug-likeness (QED) is 0.729. The van der Waals surface area contributed by atoms with Crippen LogP contribution in [0.4, 0.5) is 0 Å². The van der Waals surface area contributed by atoms with Crippen LogP contribution in [0.1, 0.15) is 0 Å². The second-order valence-electron chi connectivity index (χ2n) is 3.72. The topological polar surface area (TPSA) is 39.6 Å². The zero-order valence-electron chi connectivity index (χ0n) is 8.74. The van der Waals surface area contributed by atoms with E-state index in [1.54, 1.807) is 10.9 Å². The normalized spacial score (nSPS) is 18.4. The van der Waals surface area contributed by atoms with Gasteiger partial charge in [-0.05, 0) is 12.1 Å². The van der Waals surface area contributed by atoms with Gasteiger partial charge < -0.3 is 9.47 Å². The van der Waals surface area contributed by atoms with Gasteiger partial charge in [0.1, 0.15) is 12.7 Å². The van der Waals surface area contributed by atoms with Gasteiger partial charge in [0.2, 0.25) is 0 Å². The van der Waals surface area contributed by atoms with E-state index in [9.17, 15) is 0 Å². The summed E-state index contributed by atoms with van der Waals surface area (Å²) in [5.41, 5.74) is 1.03. The van der Waals surface area contributed by atoms with Crippen molar-refractivity contribution in [2.45, 2.75) is 6.10 Å². The number of rotatable bonds is 4. The Kier molecular flexibility index (Phi) is 2.34. The second kappa shape index (κ2) is 3.98. The summed E-state index contributed by atoms with van der Waals surface area (Å²) in [6.07, 6.45) is 3.87. The Hall–Kier alpha value is -1.81. The molecule has 1 aromatic heterocycles. The summed E-state index contributed by atoms with van der Waals surface area (Å²) < 4.78 is 12.4. The summed E-state index contributed by atoms with van der Waals surface area (Å²) in [6, 6.07) is 9.95. The molecule has 1 fully saturated rings. The molecule has 2 aromatic rings. The van der Waals surface area contributed by atoms with Crippen molar-refractivity contribution in [2.75, 3.05) is 13.2 Å². The number of hydrogen-bond donors (Lipinski definition) is 0. The predicted octanol–water partition coefficient (Wildman–Crippen LogP) is 1.65. The van der Waals surface area contributed by atoms with Gasteiger partial charge in [-0.15, -0.1) is 0 Å². The Morgan fingerprint density at radius 3 is 2.94 bits per heavy atom. The van der Waals surface area contributed by atoms with Crippen molar-refractivity contribution >= 4 is 0 Å². The number of benzene rings is 1. The van der Waals surface area contributed by atoms with Gasteiger partial charge >= 0.3 is 0 Å². The minimum atomic E-state index is 0.278. The molecule has 1 aromatic carbocycles. The molecule has 4 heteroatoms. The molecule has 0 saturated carbocycles. The minimum absolute atomic E-state index is 0.278. The Labute approximate surface area is 93.4 Å². The van der Waals surface area contributed by atoms with Crippen LogP contribution >= 0.6 is 0 Å². The molecule has 0 radical (unpaired) electrons. The third kappa shape index (κ3) is 2.06. The summed E-state index contributed by atoms with van der Waals surface area (Å²) >= 11 is 0. The fourth-order valence-electron chi connectivity index (χ4n) is 1.46. The molecular weight excluding hydrogens is 204 g/mol. The van der Waals surface area contributed by atoms with E-state index < -0.39 is 0 Å². The van der Waals surface area contributed by atoms with Gasteiger partial charge in [-0.3, -0.25) is 0 Å². The first-order chi connectivity index (χ1) is 7.92. The molecule has 1 saturated heterocycles. The number of epoxide rings is 1. The van der Waals surface area contributed by atoms with Gasteiger partial charge in [-0.2, -0.15) is 5.10 Å². The summed E-state index contributed by atoms with van der Waals surface area (Å²) in [5, 5.41) is 4.24. The molecule has 3 rings (SSSR count). The lowest BCUT2D eigenvalue weighted by atomic mass is 10.3. The first-order valence-corrected chi connectivity index (χ1v) is 5.26.